The highest BCUT2D eigenvalue weighted by Crippen LogP contribution is 2.32. The fourth-order valence-corrected chi connectivity index (χ4v) is 1.55. The van der Waals surface area contributed by atoms with Crippen molar-refractivity contribution < 1.29 is 27.5 Å². The Kier molecular flexibility index (Phi) is 3.79. The van der Waals surface area contributed by atoms with Gasteiger partial charge in [-0.05, 0) is 12.1 Å². The summed E-state index contributed by atoms with van der Waals surface area (Å²) in [6, 6.07) is 3.93. The molecule has 0 saturated heterocycles. The molecule has 0 aromatic heterocycles. The van der Waals surface area contributed by atoms with Crippen molar-refractivity contribution in [2.75, 3.05) is 0 Å². The number of carbonyl (C=O) groups is 1. The standard InChI is InChI=1S/C9H6F4O2S/c10-8(11)16-6-3-1-2-5(4-6)9(12,13)7(14)15/h1-4,8H,(H,14,15). The molecular formula is C9H6F4O2S. The van der Waals surface area contributed by atoms with Crippen LogP contribution in [0, 0.1) is 0 Å². The van der Waals surface area contributed by atoms with Gasteiger partial charge < -0.3 is 5.11 Å². The van der Waals surface area contributed by atoms with Crippen molar-refractivity contribution in [3.63, 3.8) is 0 Å². The summed E-state index contributed by atoms with van der Waals surface area (Å²) in [4.78, 5) is 10.1. The van der Waals surface area contributed by atoms with Gasteiger partial charge in [-0.1, -0.05) is 23.9 Å². The fourth-order valence-electron chi connectivity index (χ4n) is 0.991. The monoisotopic (exact) mass is 254 g/mol. The topological polar surface area (TPSA) is 37.3 Å². The highest BCUT2D eigenvalue weighted by molar-refractivity contribution is 7.99. The molecule has 0 radical (unpaired) electrons. The van der Waals surface area contributed by atoms with Crippen LogP contribution in [0.3, 0.4) is 0 Å². The van der Waals surface area contributed by atoms with Crippen LogP contribution in [0.15, 0.2) is 29.2 Å². The number of rotatable bonds is 4. The molecule has 1 aromatic rings. The highest BCUT2D eigenvalue weighted by atomic mass is 32.2. The van der Waals surface area contributed by atoms with Crippen LogP contribution in [0.5, 0.6) is 0 Å². The number of carboxylic acids is 1. The van der Waals surface area contributed by atoms with Gasteiger partial charge in [0.05, 0.1) is 0 Å². The van der Waals surface area contributed by atoms with Crippen LogP contribution < -0.4 is 0 Å². The third-order valence-corrected chi connectivity index (χ3v) is 2.39. The van der Waals surface area contributed by atoms with Crippen molar-refractivity contribution in [3.8, 4) is 0 Å². The zero-order valence-electron chi connectivity index (χ0n) is 7.66. The van der Waals surface area contributed by atoms with E-state index >= 15 is 0 Å². The third kappa shape index (κ3) is 2.88. The van der Waals surface area contributed by atoms with E-state index in [-0.39, 0.29) is 16.7 Å². The Labute approximate surface area is 92.3 Å². The van der Waals surface area contributed by atoms with Crippen molar-refractivity contribution in [3.05, 3.63) is 29.8 Å². The normalized spacial score (nSPS) is 11.8. The predicted octanol–water partition coefficient (Wildman–Crippen LogP) is 3.18. The molecule has 1 rings (SSSR count). The van der Waals surface area contributed by atoms with Gasteiger partial charge in [0.2, 0.25) is 0 Å². The third-order valence-electron chi connectivity index (χ3n) is 1.69. The average molecular weight is 254 g/mol. The van der Waals surface area contributed by atoms with Gasteiger partial charge in [-0.3, -0.25) is 0 Å². The van der Waals surface area contributed by atoms with Crippen molar-refractivity contribution >= 4 is 17.7 Å². The summed E-state index contributed by atoms with van der Waals surface area (Å²) in [7, 11) is 0. The first-order valence-electron chi connectivity index (χ1n) is 4.00. The van der Waals surface area contributed by atoms with Crippen molar-refractivity contribution in [1.82, 2.24) is 0 Å². The van der Waals surface area contributed by atoms with Gasteiger partial charge in [-0.2, -0.15) is 17.6 Å². The molecule has 1 aromatic carbocycles. The summed E-state index contributed by atoms with van der Waals surface area (Å²) in [5.41, 5.74) is -0.814. The summed E-state index contributed by atoms with van der Waals surface area (Å²) in [5.74, 6) is -9.13. The maximum atomic E-state index is 13.0. The van der Waals surface area contributed by atoms with Crippen LogP contribution in [0.1, 0.15) is 5.56 Å². The first kappa shape index (κ1) is 12.8. The second kappa shape index (κ2) is 4.73. The summed E-state index contributed by atoms with van der Waals surface area (Å²) in [6.07, 6.45) is 0. The van der Waals surface area contributed by atoms with E-state index in [1.165, 1.54) is 6.07 Å². The minimum Gasteiger partial charge on any atom is -0.477 e. The number of halogens is 4. The Morgan fingerprint density at radius 3 is 2.50 bits per heavy atom. The first-order valence-corrected chi connectivity index (χ1v) is 4.88. The molecule has 0 unspecified atom stereocenters. The number of benzene rings is 1. The second-order valence-corrected chi connectivity index (χ2v) is 3.85. The predicted molar refractivity (Wildman–Crippen MR) is 49.8 cm³/mol. The van der Waals surface area contributed by atoms with E-state index in [1.54, 1.807) is 0 Å². The molecule has 0 aliphatic rings. The molecule has 88 valence electrons. The summed E-state index contributed by atoms with van der Waals surface area (Å²) < 4.78 is 49.9. The smallest absolute Gasteiger partial charge is 0.379 e. The van der Waals surface area contributed by atoms with E-state index < -0.39 is 23.2 Å². The molecule has 0 fully saturated rings. The van der Waals surface area contributed by atoms with Crippen LogP contribution >= 0.6 is 11.8 Å². The van der Waals surface area contributed by atoms with Crippen LogP contribution in [-0.2, 0) is 10.7 Å². The number of carboxylic acid groups (broad SMARTS) is 1. The lowest BCUT2D eigenvalue weighted by atomic mass is 10.1. The van der Waals surface area contributed by atoms with Crippen molar-refractivity contribution in [2.24, 2.45) is 0 Å². The number of hydrogen-bond acceptors (Lipinski definition) is 2. The van der Waals surface area contributed by atoms with Gasteiger partial charge in [0.25, 0.3) is 5.76 Å². The molecule has 0 aliphatic heterocycles. The van der Waals surface area contributed by atoms with Crippen LogP contribution in [-0.4, -0.2) is 16.8 Å². The van der Waals surface area contributed by atoms with Crippen LogP contribution in [0.4, 0.5) is 17.6 Å². The molecule has 0 spiro atoms. The van der Waals surface area contributed by atoms with Gasteiger partial charge in [-0.25, -0.2) is 4.79 Å². The van der Waals surface area contributed by atoms with Gasteiger partial charge in [0.1, 0.15) is 0 Å². The molecule has 1 N–H and O–H groups in total. The molecule has 0 aliphatic carbocycles. The van der Waals surface area contributed by atoms with E-state index in [4.69, 9.17) is 5.11 Å². The fraction of sp³-hybridized carbons (Fsp3) is 0.222. The average Bonchev–Trinajstić information content (AvgIpc) is 2.16. The lowest BCUT2D eigenvalue weighted by molar-refractivity contribution is -0.166. The molecule has 7 heteroatoms. The summed E-state index contributed by atoms with van der Waals surface area (Å²) in [6.45, 7) is 0. The van der Waals surface area contributed by atoms with E-state index in [1.807, 2.05) is 0 Å². The summed E-state index contributed by atoms with van der Waals surface area (Å²) in [5, 5.41) is 8.26. The molecule has 0 amide bonds. The van der Waals surface area contributed by atoms with E-state index in [0.29, 0.717) is 0 Å². The van der Waals surface area contributed by atoms with Gasteiger partial charge in [0.15, 0.2) is 0 Å². The van der Waals surface area contributed by atoms with Crippen LogP contribution in [0.25, 0.3) is 0 Å². The lowest BCUT2D eigenvalue weighted by Gasteiger charge is -2.12. The Hall–Kier alpha value is -1.24. The minimum atomic E-state index is -4.07. The molecule has 0 bridgehead atoms. The Morgan fingerprint density at radius 1 is 1.38 bits per heavy atom. The number of hydrogen-bond donors (Lipinski definition) is 1. The molecule has 0 heterocycles. The quantitative estimate of drug-likeness (QED) is 0.662. The Balaban J connectivity index is 3.03. The SMILES string of the molecule is O=C(O)C(F)(F)c1cccc(SC(F)F)c1. The van der Waals surface area contributed by atoms with Gasteiger partial charge in [0, 0.05) is 10.5 Å². The molecule has 16 heavy (non-hydrogen) atoms. The van der Waals surface area contributed by atoms with Crippen LogP contribution in [0.2, 0.25) is 0 Å². The van der Waals surface area contributed by atoms with E-state index in [0.717, 1.165) is 18.2 Å². The largest absolute Gasteiger partial charge is 0.477 e. The second-order valence-electron chi connectivity index (χ2n) is 2.79. The zero-order valence-corrected chi connectivity index (χ0v) is 8.48. The summed E-state index contributed by atoms with van der Waals surface area (Å²) >= 11 is 0.0808. The molecule has 2 nitrogen and oxygen atoms in total. The highest BCUT2D eigenvalue weighted by Gasteiger charge is 2.41. The maximum absolute atomic E-state index is 13.0. The van der Waals surface area contributed by atoms with E-state index in [9.17, 15) is 22.4 Å². The van der Waals surface area contributed by atoms with E-state index in [2.05, 4.69) is 0 Å². The van der Waals surface area contributed by atoms with Crippen molar-refractivity contribution in [2.45, 2.75) is 16.6 Å². The first-order chi connectivity index (χ1) is 7.34. The Bertz CT molecular complexity index is 395. The van der Waals surface area contributed by atoms with Crippen molar-refractivity contribution in [1.29, 1.82) is 0 Å². The molecule has 0 saturated carbocycles. The van der Waals surface area contributed by atoms with Gasteiger partial charge >= 0.3 is 11.9 Å². The molecular weight excluding hydrogens is 248 g/mol. The molecule has 0 atom stereocenters. The number of aliphatic carboxylic acids is 1. The maximum Gasteiger partial charge on any atom is 0.379 e. The Morgan fingerprint density at radius 2 is 2.00 bits per heavy atom. The number of thioether (sulfide) groups is 1. The minimum absolute atomic E-state index is 0.0808. The van der Waals surface area contributed by atoms with Gasteiger partial charge in [-0.15, -0.1) is 0 Å². The number of alkyl halides is 4. The zero-order chi connectivity index (χ0) is 12.3. The lowest BCUT2D eigenvalue weighted by Crippen LogP contribution is -2.25.